The van der Waals surface area contributed by atoms with Crippen LogP contribution in [0, 0.1) is 17.2 Å². The van der Waals surface area contributed by atoms with E-state index in [4.69, 9.17) is 24.2 Å². The molecule has 0 saturated heterocycles. The molecule has 5 atom stereocenters. The molecule has 336 valence electrons. The minimum absolute atomic E-state index is 0.00742. The molecule has 62 heavy (non-hydrogen) atoms. The number of ether oxygens (including phenoxy) is 4. The second-order valence-corrected chi connectivity index (χ2v) is 14.1. The van der Waals surface area contributed by atoms with Gasteiger partial charge in [-0.25, -0.2) is 4.39 Å². The Bertz CT molecular complexity index is 1860. The van der Waals surface area contributed by atoms with Crippen LogP contribution in [0.2, 0.25) is 0 Å². The van der Waals surface area contributed by atoms with Crippen LogP contribution in [0.5, 0.6) is 11.5 Å². The molecule has 0 fully saturated rings. The molecule has 0 saturated carbocycles. The smallest absolute Gasteiger partial charge is 0.255 e. The van der Waals surface area contributed by atoms with E-state index in [0.29, 0.717) is 30.1 Å². The van der Waals surface area contributed by atoms with Crippen molar-refractivity contribution in [2.45, 2.75) is 70.7 Å². The predicted molar refractivity (Wildman–Crippen MR) is 253 cm³/mol. The van der Waals surface area contributed by atoms with Crippen molar-refractivity contribution in [3.8, 4) is 17.6 Å². The van der Waals surface area contributed by atoms with Crippen LogP contribution in [-0.2, 0) is 19.6 Å². The van der Waals surface area contributed by atoms with Crippen molar-refractivity contribution >= 4 is 27.8 Å². The number of nitrogens with zero attached hydrogens (tertiary/aromatic N) is 3. The second kappa shape index (κ2) is 31.5. The Balaban J connectivity index is 0.00000121. The van der Waals surface area contributed by atoms with Gasteiger partial charge in [0, 0.05) is 33.4 Å². The molecule has 1 amide bonds. The summed E-state index contributed by atoms with van der Waals surface area (Å²) in [6, 6.07) is 35.0. The normalized spacial score (nSPS) is 16.7. The van der Waals surface area contributed by atoms with Crippen molar-refractivity contribution in [1.29, 1.82) is 5.26 Å². The fourth-order valence-electron chi connectivity index (χ4n) is 5.81. The second-order valence-electron chi connectivity index (χ2n) is 13.7. The number of carbonyl (C=O) groups excluding carboxylic acids is 1. The molecule has 1 aliphatic rings. The zero-order valence-corrected chi connectivity index (χ0v) is 38.5. The van der Waals surface area contributed by atoms with Crippen LogP contribution in [-0.4, -0.2) is 84.4 Å². The van der Waals surface area contributed by atoms with Crippen molar-refractivity contribution in [1.82, 2.24) is 5.32 Å². The van der Waals surface area contributed by atoms with E-state index >= 15 is 4.39 Å². The SMILES string of the molecule is C=C(NC(=O)c1ccccc1)C1N=C[C@@H](F)CC(COC(c2ccccc2)(c2ccc(OC)cc2)c2ccc(OC)cc2)OC1/N=C\C.CC(C)C.CN.CN.N#CCCOP. The van der Waals surface area contributed by atoms with Crippen LogP contribution in [0.15, 0.2) is 131 Å². The number of nitrogens with one attached hydrogen (secondary N) is 1. The largest absolute Gasteiger partial charge is 0.497 e. The number of benzene rings is 4. The van der Waals surface area contributed by atoms with Gasteiger partial charge in [-0.3, -0.25) is 14.8 Å². The van der Waals surface area contributed by atoms with Gasteiger partial charge < -0.3 is 40.3 Å². The number of nitriles is 1. The van der Waals surface area contributed by atoms with E-state index in [-0.39, 0.29) is 24.6 Å². The highest BCUT2D eigenvalue weighted by Crippen LogP contribution is 2.42. The number of carbonyl (C=O) groups is 1. The summed E-state index contributed by atoms with van der Waals surface area (Å²) in [5.74, 6) is 1.87. The minimum Gasteiger partial charge on any atom is -0.497 e. The summed E-state index contributed by atoms with van der Waals surface area (Å²) in [6.07, 6.45) is 0.182. The molecule has 0 aliphatic carbocycles. The number of alkyl halides is 1. The topological polar surface area (TPSA) is 176 Å². The van der Waals surface area contributed by atoms with Gasteiger partial charge in [0.05, 0.1) is 46.0 Å². The van der Waals surface area contributed by atoms with E-state index in [1.54, 1.807) is 51.6 Å². The Morgan fingerprint density at radius 1 is 0.935 bits per heavy atom. The lowest BCUT2D eigenvalue weighted by atomic mass is 9.80. The number of aliphatic imine (C=N–C) groups is 2. The van der Waals surface area contributed by atoms with E-state index < -0.39 is 30.1 Å². The molecule has 0 bridgehead atoms. The monoisotopic (exact) mass is 872 g/mol. The summed E-state index contributed by atoms with van der Waals surface area (Å²) in [4.78, 5) is 21.9. The first-order valence-corrected chi connectivity index (χ1v) is 20.7. The third-order valence-electron chi connectivity index (χ3n) is 8.45. The summed E-state index contributed by atoms with van der Waals surface area (Å²) in [5, 5.41) is 10.7. The summed E-state index contributed by atoms with van der Waals surface area (Å²) in [6.45, 7) is 12.8. The fraction of sp³-hybridized carbons (Fsp3) is 0.375. The zero-order valence-electron chi connectivity index (χ0n) is 37.4. The third kappa shape index (κ3) is 18.0. The van der Waals surface area contributed by atoms with E-state index in [1.165, 1.54) is 20.3 Å². The maximum atomic E-state index is 15.4. The molecule has 1 heterocycles. The van der Waals surface area contributed by atoms with Crippen LogP contribution < -0.4 is 26.3 Å². The average molecular weight is 873 g/mol. The predicted octanol–water partition coefficient (Wildman–Crippen LogP) is 8.46. The van der Waals surface area contributed by atoms with Gasteiger partial charge in [0.2, 0.25) is 0 Å². The minimum atomic E-state index is -1.45. The number of amides is 1. The van der Waals surface area contributed by atoms with Crippen LogP contribution in [0.1, 0.15) is 67.6 Å². The Morgan fingerprint density at radius 3 is 1.85 bits per heavy atom. The van der Waals surface area contributed by atoms with E-state index in [0.717, 1.165) is 22.6 Å². The highest BCUT2D eigenvalue weighted by molar-refractivity contribution is 7.09. The average Bonchev–Trinajstić information content (AvgIpc) is 3.30. The maximum absolute atomic E-state index is 15.4. The highest BCUT2D eigenvalue weighted by atomic mass is 31.0. The third-order valence-corrected chi connectivity index (χ3v) is 8.69. The number of hydrogen-bond acceptors (Lipinski definition) is 11. The molecular weight excluding hydrogens is 807 g/mol. The number of hydrogen-bond donors (Lipinski definition) is 3. The molecule has 4 aromatic carbocycles. The first-order valence-electron chi connectivity index (χ1n) is 20.2. The van der Waals surface area contributed by atoms with Gasteiger partial charge in [0.25, 0.3) is 5.91 Å². The van der Waals surface area contributed by atoms with Gasteiger partial charge >= 0.3 is 0 Å². The molecule has 0 aromatic heterocycles. The Hall–Kier alpha value is -5.32. The molecular formula is C48H66FN6O6P. The lowest BCUT2D eigenvalue weighted by Crippen LogP contribution is -2.43. The van der Waals surface area contributed by atoms with E-state index in [9.17, 15) is 4.79 Å². The lowest BCUT2D eigenvalue weighted by molar-refractivity contribution is -0.0976. The molecule has 4 unspecified atom stereocenters. The van der Waals surface area contributed by atoms with Crippen molar-refractivity contribution in [3.63, 3.8) is 0 Å². The summed E-state index contributed by atoms with van der Waals surface area (Å²) in [7, 11) is 8.31. The number of rotatable bonds is 14. The maximum Gasteiger partial charge on any atom is 0.255 e. The van der Waals surface area contributed by atoms with Gasteiger partial charge in [-0.2, -0.15) is 5.26 Å². The van der Waals surface area contributed by atoms with Gasteiger partial charge in [-0.15, -0.1) is 0 Å². The zero-order chi connectivity index (χ0) is 46.3. The van der Waals surface area contributed by atoms with Gasteiger partial charge in [-0.05, 0) is 86.2 Å². The van der Waals surface area contributed by atoms with Crippen LogP contribution in [0.25, 0.3) is 0 Å². The molecule has 4 aromatic rings. The van der Waals surface area contributed by atoms with Gasteiger partial charge in [0.15, 0.2) is 6.23 Å². The number of nitrogens with two attached hydrogens (primary N) is 2. The van der Waals surface area contributed by atoms with Crippen LogP contribution in [0.4, 0.5) is 4.39 Å². The van der Waals surface area contributed by atoms with E-state index in [2.05, 4.69) is 68.1 Å². The first kappa shape index (κ1) is 54.7. The molecule has 0 radical (unpaired) electrons. The molecule has 14 heteroatoms. The standard InChI is InChI=1S/C39H40FN3O5.C4H10.C3H6NOP.2CH5N/c1-5-41-38-36(27(2)43-37(44)28-12-8-6-9-13-28)42-25-32(40)24-35(48-38)26-47-39(29-14-10-7-11-15-29,30-16-20-33(45-3)21-17-30)31-18-22-34(46-4)23-19-31;1-4(2)3;4-2-1-3-5-6;2*1-2/h5-23,25,32,35-36,38H,2,24,26H2,1,3-4H3,(H,43,44);4H,1-3H3;1,3,6H2;2*2H2,1H3/b41-5-,42-25?;;;;/t32-,35?,36?,38?;;;;/m0..../s1. The Labute approximate surface area is 370 Å². The molecule has 12 nitrogen and oxygen atoms in total. The molecule has 5 N–H and O–H groups in total. The Morgan fingerprint density at radius 2 is 1.42 bits per heavy atom. The first-order chi connectivity index (χ1) is 30.0. The van der Waals surface area contributed by atoms with Crippen molar-refractivity contribution in [3.05, 3.63) is 144 Å². The van der Waals surface area contributed by atoms with Crippen LogP contribution >= 0.6 is 9.47 Å². The van der Waals surface area contributed by atoms with Crippen molar-refractivity contribution in [2.75, 3.05) is 41.5 Å². The molecule has 0 spiro atoms. The van der Waals surface area contributed by atoms with E-state index in [1.807, 2.05) is 91.0 Å². The fourth-order valence-corrected chi connectivity index (χ4v) is 5.93. The van der Waals surface area contributed by atoms with Crippen molar-refractivity contribution < 1.29 is 32.7 Å². The highest BCUT2D eigenvalue weighted by Gasteiger charge is 2.40. The quantitative estimate of drug-likeness (QED) is 0.0486. The summed E-state index contributed by atoms with van der Waals surface area (Å²) >= 11 is 0. The summed E-state index contributed by atoms with van der Waals surface area (Å²) in [5.41, 5.74) is 11.1. The van der Waals surface area contributed by atoms with Gasteiger partial charge in [-0.1, -0.05) is 100 Å². The van der Waals surface area contributed by atoms with Crippen molar-refractivity contribution in [2.24, 2.45) is 27.4 Å². The van der Waals surface area contributed by atoms with Crippen LogP contribution in [0.3, 0.4) is 0 Å². The molecule has 1 aliphatic heterocycles. The molecule has 5 rings (SSSR count). The lowest BCUT2D eigenvalue weighted by Gasteiger charge is -2.38. The summed E-state index contributed by atoms with van der Waals surface area (Å²) < 4.78 is 44.3. The Kier molecular flexibility index (Phi) is 27.8. The number of methoxy groups -OCH3 is 2. The van der Waals surface area contributed by atoms with Gasteiger partial charge in [0.1, 0.15) is 29.3 Å². The number of halogens is 1.